The van der Waals surface area contributed by atoms with E-state index in [-0.39, 0.29) is 11.3 Å². The lowest BCUT2D eigenvalue weighted by atomic mass is 9.69. The van der Waals surface area contributed by atoms with Gasteiger partial charge in [0.2, 0.25) is 5.91 Å². The van der Waals surface area contributed by atoms with Crippen LogP contribution < -0.4 is 5.32 Å². The zero-order chi connectivity index (χ0) is 11.7. The second-order valence-corrected chi connectivity index (χ2v) is 5.23. The number of hydrogen-bond acceptors (Lipinski definition) is 2. The summed E-state index contributed by atoms with van der Waals surface area (Å²) in [4.78, 5) is 22.2. The van der Waals surface area contributed by atoms with E-state index in [1.54, 1.807) is 0 Å². The summed E-state index contributed by atoms with van der Waals surface area (Å²) in [6.45, 7) is 5.63. The Morgan fingerprint density at radius 3 is 1.93 bits per heavy atom. The first-order valence-corrected chi connectivity index (χ1v) is 5.30. The Labute approximate surface area is 90.0 Å². The van der Waals surface area contributed by atoms with Crippen LogP contribution in [0.2, 0.25) is 0 Å². The molecule has 2 N–H and O–H groups in total. The van der Waals surface area contributed by atoms with E-state index in [0.717, 1.165) is 12.8 Å². The van der Waals surface area contributed by atoms with Crippen LogP contribution in [0.25, 0.3) is 0 Å². The van der Waals surface area contributed by atoms with Crippen molar-refractivity contribution in [3.63, 3.8) is 0 Å². The minimum atomic E-state index is -1.03. The van der Waals surface area contributed by atoms with E-state index in [1.165, 1.54) is 6.92 Å². The van der Waals surface area contributed by atoms with Gasteiger partial charge in [0.25, 0.3) is 0 Å². The lowest BCUT2D eigenvalue weighted by Crippen LogP contribution is -2.56. The Bertz CT molecular complexity index is 274. The molecule has 1 rings (SSSR count). The number of nitrogens with one attached hydrogen (secondary N) is 1. The molecule has 0 radical (unpaired) electrons. The van der Waals surface area contributed by atoms with Gasteiger partial charge in [0.05, 0.1) is 0 Å². The molecule has 0 unspecified atom stereocenters. The summed E-state index contributed by atoms with van der Waals surface area (Å²) >= 11 is 0. The molecule has 0 bridgehead atoms. The Kier molecular flexibility index (Phi) is 3.07. The highest BCUT2D eigenvalue weighted by Gasteiger charge is 2.44. The number of hydrogen-bond donors (Lipinski definition) is 2. The molecule has 0 saturated heterocycles. The highest BCUT2D eigenvalue weighted by Crippen LogP contribution is 2.40. The van der Waals surface area contributed by atoms with Crippen LogP contribution in [0.15, 0.2) is 0 Å². The van der Waals surface area contributed by atoms with Gasteiger partial charge in [0.1, 0.15) is 5.54 Å². The smallest absolute Gasteiger partial charge is 0.329 e. The van der Waals surface area contributed by atoms with Gasteiger partial charge in [-0.1, -0.05) is 13.8 Å². The highest BCUT2D eigenvalue weighted by molar-refractivity contribution is 5.86. The van der Waals surface area contributed by atoms with Gasteiger partial charge >= 0.3 is 5.97 Å². The fraction of sp³-hybridized carbons (Fsp3) is 0.818. The number of carbonyl (C=O) groups is 2. The third-order valence-corrected chi connectivity index (χ3v) is 3.28. The molecule has 1 amide bonds. The predicted octanol–water partition coefficient (Wildman–Crippen LogP) is 1.55. The Hall–Kier alpha value is -1.06. The SMILES string of the molecule is CC(=O)NC1(C(=O)O)CCC(C)(C)CC1. The van der Waals surface area contributed by atoms with Crippen LogP contribution >= 0.6 is 0 Å². The summed E-state index contributed by atoms with van der Waals surface area (Å²) in [5.74, 6) is -1.18. The van der Waals surface area contributed by atoms with Crippen molar-refractivity contribution < 1.29 is 14.7 Å². The number of carbonyl (C=O) groups excluding carboxylic acids is 1. The van der Waals surface area contributed by atoms with Crippen molar-refractivity contribution in [2.24, 2.45) is 5.41 Å². The maximum atomic E-state index is 11.2. The van der Waals surface area contributed by atoms with Gasteiger partial charge in [-0.2, -0.15) is 0 Å². The summed E-state index contributed by atoms with van der Waals surface area (Å²) < 4.78 is 0. The molecule has 0 aromatic rings. The first-order chi connectivity index (χ1) is 6.77. The molecule has 0 spiro atoms. The Morgan fingerprint density at radius 2 is 1.60 bits per heavy atom. The first kappa shape index (κ1) is 12.0. The third-order valence-electron chi connectivity index (χ3n) is 3.28. The topological polar surface area (TPSA) is 66.4 Å². The van der Waals surface area contributed by atoms with Gasteiger partial charge in [0.15, 0.2) is 0 Å². The van der Waals surface area contributed by atoms with E-state index in [9.17, 15) is 14.7 Å². The molecule has 0 aliphatic heterocycles. The van der Waals surface area contributed by atoms with Crippen molar-refractivity contribution in [3.05, 3.63) is 0 Å². The molecule has 15 heavy (non-hydrogen) atoms. The second kappa shape index (κ2) is 3.83. The van der Waals surface area contributed by atoms with Crippen LogP contribution in [-0.2, 0) is 9.59 Å². The third kappa shape index (κ3) is 2.70. The van der Waals surface area contributed by atoms with Gasteiger partial charge in [-0.05, 0) is 31.1 Å². The Morgan fingerprint density at radius 1 is 1.13 bits per heavy atom. The molecular weight excluding hydrogens is 194 g/mol. The lowest BCUT2D eigenvalue weighted by Gasteiger charge is -2.40. The van der Waals surface area contributed by atoms with Gasteiger partial charge in [0, 0.05) is 6.92 Å². The van der Waals surface area contributed by atoms with Crippen molar-refractivity contribution in [1.29, 1.82) is 0 Å². The average Bonchev–Trinajstić information content (AvgIpc) is 2.08. The summed E-state index contributed by atoms with van der Waals surface area (Å²) in [7, 11) is 0. The fourth-order valence-corrected chi connectivity index (χ4v) is 2.08. The van der Waals surface area contributed by atoms with E-state index in [2.05, 4.69) is 19.2 Å². The standard InChI is InChI=1S/C11H19NO3/c1-8(13)12-11(9(14)15)6-4-10(2,3)5-7-11/h4-7H2,1-3H3,(H,12,13)(H,14,15). The number of amides is 1. The first-order valence-electron chi connectivity index (χ1n) is 5.30. The van der Waals surface area contributed by atoms with E-state index in [1.807, 2.05) is 0 Å². The minimum Gasteiger partial charge on any atom is -0.480 e. The van der Waals surface area contributed by atoms with Crippen LogP contribution in [0, 0.1) is 5.41 Å². The molecule has 0 aromatic heterocycles. The van der Waals surface area contributed by atoms with Crippen molar-refractivity contribution in [2.75, 3.05) is 0 Å². The van der Waals surface area contributed by atoms with Crippen LogP contribution in [0.5, 0.6) is 0 Å². The zero-order valence-corrected chi connectivity index (χ0v) is 9.59. The van der Waals surface area contributed by atoms with Crippen LogP contribution in [0.3, 0.4) is 0 Å². The summed E-state index contributed by atoms with van der Waals surface area (Å²) in [5, 5.41) is 11.8. The monoisotopic (exact) mass is 213 g/mol. The lowest BCUT2D eigenvalue weighted by molar-refractivity contribution is -0.150. The predicted molar refractivity (Wildman–Crippen MR) is 56.4 cm³/mol. The van der Waals surface area contributed by atoms with Gasteiger partial charge in [-0.3, -0.25) is 4.79 Å². The van der Waals surface area contributed by atoms with E-state index in [0.29, 0.717) is 12.8 Å². The zero-order valence-electron chi connectivity index (χ0n) is 9.59. The van der Waals surface area contributed by atoms with Crippen molar-refractivity contribution in [3.8, 4) is 0 Å². The Balaban J connectivity index is 2.78. The maximum absolute atomic E-state index is 11.2. The van der Waals surface area contributed by atoms with Crippen LogP contribution in [-0.4, -0.2) is 22.5 Å². The number of rotatable bonds is 2. The van der Waals surface area contributed by atoms with Gasteiger partial charge in [-0.15, -0.1) is 0 Å². The molecule has 1 fully saturated rings. The average molecular weight is 213 g/mol. The molecule has 1 saturated carbocycles. The molecule has 0 atom stereocenters. The molecular formula is C11H19NO3. The van der Waals surface area contributed by atoms with Crippen molar-refractivity contribution >= 4 is 11.9 Å². The summed E-state index contributed by atoms with van der Waals surface area (Å²) in [5.41, 5.74) is -0.835. The van der Waals surface area contributed by atoms with E-state index >= 15 is 0 Å². The highest BCUT2D eigenvalue weighted by atomic mass is 16.4. The maximum Gasteiger partial charge on any atom is 0.329 e. The molecule has 4 heteroatoms. The fourth-order valence-electron chi connectivity index (χ4n) is 2.08. The number of carboxylic acids is 1. The molecule has 4 nitrogen and oxygen atoms in total. The summed E-state index contributed by atoms with van der Waals surface area (Å²) in [6, 6.07) is 0. The van der Waals surface area contributed by atoms with Crippen LogP contribution in [0.1, 0.15) is 46.5 Å². The van der Waals surface area contributed by atoms with Crippen LogP contribution in [0.4, 0.5) is 0 Å². The quantitative estimate of drug-likeness (QED) is 0.731. The normalized spacial score (nSPS) is 23.1. The summed E-state index contributed by atoms with van der Waals surface area (Å²) in [6.07, 6.45) is 2.71. The second-order valence-electron chi connectivity index (χ2n) is 5.23. The molecule has 0 aromatic carbocycles. The van der Waals surface area contributed by atoms with Gasteiger partial charge in [-0.25, -0.2) is 4.79 Å². The van der Waals surface area contributed by atoms with Crippen molar-refractivity contribution in [2.45, 2.75) is 52.0 Å². The van der Waals surface area contributed by atoms with E-state index < -0.39 is 11.5 Å². The number of aliphatic carboxylic acids is 1. The van der Waals surface area contributed by atoms with Crippen molar-refractivity contribution in [1.82, 2.24) is 5.32 Å². The molecule has 0 heterocycles. The molecule has 1 aliphatic carbocycles. The molecule has 86 valence electrons. The largest absolute Gasteiger partial charge is 0.480 e. The van der Waals surface area contributed by atoms with E-state index in [4.69, 9.17) is 0 Å². The molecule has 1 aliphatic rings. The number of carboxylic acid groups (broad SMARTS) is 1. The minimum absolute atomic E-state index is 0.192. The van der Waals surface area contributed by atoms with Gasteiger partial charge < -0.3 is 10.4 Å².